The van der Waals surface area contributed by atoms with Crippen molar-refractivity contribution in [2.45, 2.75) is 19.4 Å². The Hall–Kier alpha value is -2.95. The summed E-state index contributed by atoms with van der Waals surface area (Å²) in [6.45, 7) is 1.15. The molecular weight excluding hydrogens is 319 g/mol. The van der Waals surface area contributed by atoms with Crippen LogP contribution in [0.25, 0.3) is 6.08 Å². The number of nitrogens with zero attached hydrogens (tertiary/aromatic N) is 1. The topological polar surface area (TPSA) is 49.4 Å². The fourth-order valence-electron chi connectivity index (χ4n) is 2.75. The normalized spacial score (nSPS) is 14.3. The van der Waals surface area contributed by atoms with Gasteiger partial charge in [0.25, 0.3) is 0 Å². The van der Waals surface area contributed by atoms with Crippen molar-refractivity contribution in [3.05, 3.63) is 71.6 Å². The lowest BCUT2D eigenvalue weighted by atomic mass is 10.2. The molecule has 2 amide bonds. The summed E-state index contributed by atoms with van der Waals surface area (Å²) >= 11 is 0. The van der Waals surface area contributed by atoms with E-state index in [-0.39, 0.29) is 17.6 Å². The highest BCUT2D eigenvalue weighted by Gasteiger charge is 2.21. The zero-order valence-corrected chi connectivity index (χ0v) is 13.7. The predicted molar refractivity (Wildman–Crippen MR) is 95.3 cm³/mol. The SMILES string of the molecule is O=C(/C=C/c1cccc(F)c1)NCc1ccc(N2CCCC2=O)cc1. The number of amides is 2. The minimum atomic E-state index is -0.334. The summed E-state index contributed by atoms with van der Waals surface area (Å²) in [5.74, 6) is -0.425. The van der Waals surface area contributed by atoms with E-state index in [1.807, 2.05) is 24.3 Å². The van der Waals surface area contributed by atoms with Gasteiger partial charge in [0.2, 0.25) is 11.8 Å². The molecule has 0 bridgehead atoms. The van der Waals surface area contributed by atoms with E-state index >= 15 is 0 Å². The molecule has 0 aliphatic carbocycles. The highest BCUT2D eigenvalue weighted by molar-refractivity contribution is 5.95. The van der Waals surface area contributed by atoms with Crippen LogP contribution in [0.2, 0.25) is 0 Å². The molecule has 1 aliphatic heterocycles. The molecule has 5 heteroatoms. The Balaban J connectivity index is 1.52. The molecule has 3 rings (SSSR count). The zero-order valence-electron chi connectivity index (χ0n) is 13.7. The number of halogens is 1. The van der Waals surface area contributed by atoms with E-state index in [1.165, 1.54) is 18.2 Å². The van der Waals surface area contributed by atoms with Crippen LogP contribution in [0.5, 0.6) is 0 Å². The first kappa shape index (κ1) is 16.9. The van der Waals surface area contributed by atoms with Gasteiger partial charge in [-0.3, -0.25) is 9.59 Å². The molecule has 1 N–H and O–H groups in total. The van der Waals surface area contributed by atoms with Crippen molar-refractivity contribution in [1.29, 1.82) is 0 Å². The summed E-state index contributed by atoms with van der Waals surface area (Å²) in [4.78, 5) is 25.4. The van der Waals surface area contributed by atoms with Crippen molar-refractivity contribution < 1.29 is 14.0 Å². The van der Waals surface area contributed by atoms with Gasteiger partial charge in [-0.2, -0.15) is 0 Å². The average molecular weight is 338 g/mol. The van der Waals surface area contributed by atoms with Gasteiger partial charge in [-0.15, -0.1) is 0 Å². The number of hydrogen-bond donors (Lipinski definition) is 1. The van der Waals surface area contributed by atoms with Gasteiger partial charge >= 0.3 is 0 Å². The van der Waals surface area contributed by atoms with E-state index in [2.05, 4.69) is 5.32 Å². The minimum absolute atomic E-state index is 0.156. The fraction of sp³-hybridized carbons (Fsp3) is 0.200. The van der Waals surface area contributed by atoms with E-state index in [0.29, 0.717) is 18.5 Å². The summed E-state index contributed by atoms with van der Waals surface area (Å²) in [5.41, 5.74) is 2.47. The largest absolute Gasteiger partial charge is 0.348 e. The number of carbonyl (C=O) groups excluding carboxylic acids is 2. The molecule has 1 aliphatic rings. The van der Waals surface area contributed by atoms with Gasteiger partial charge in [0.05, 0.1) is 0 Å². The van der Waals surface area contributed by atoms with Crippen LogP contribution in [0.1, 0.15) is 24.0 Å². The summed E-state index contributed by atoms with van der Waals surface area (Å²) in [6, 6.07) is 13.6. The quantitative estimate of drug-likeness (QED) is 0.851. The van der Waals surface area contributed by atoms with Gasteiger partial charge in [0.15, 0.2) is 0 Å². The fourth-order valence-corrected chi connectivity index (χ4v) is 2.75. The van der Waals surface area contributed by atoms with Crippen LogP contribution in [-0.2, 0) is 16.1 Å². The Kier molecular flexibility index (Phi) is 5.23. The second-order valence-electron chi connectivity index (χ2n) is 5.92. The predicted octanol–water partition coefficient (Wildman–Crippen LogP) is 3.28. The molecule has 1 heterocycles. The lowest BCUT2D eigenvalue weighted by Gasteiger charge is -2.15. The lowest BCUT2D eigenvalue weighted by molar-refractivity contribution is -0.117. The Morgan fingerprint density at radius 1 is 1.20 bits per heavy atom. The van der Waals surface area contributed by atoms with Crippen LogP contribution >= 0.6 is 0 Å². The molecule has 0 unspecified atom stereocenters. The van der Waals surface area contributed by atoms with Crippen molar-refractivity contribution >= 4 is 23.6 Å². The molecule has 2 aromatic carbocycles. The first-order valence-electron chi connectivity index (χ1n) is 8.22. The van der Waals surface area contributed by atoms with E-state index in [1.54, 1.807) is 23.1 Å². The number of hydrogen-bond acceptors (Lipinski definition) is 2. The van der Waals surface area contributed by atoms with Gasteiger partial charge in [0, 0.05) is 31.3 Å². The van der Waals surface area contributed by atoms with Crippen LogP contribution in [-0.4, -0.2) is 18.4 Å². The molecule has 4 nitrogen and oxygen atoms in total. The second kappa shape index (κ2) is 7.75. The van der Waals surface area contributed by atoms with Crippen molar-refractivity contribution in [3.8, 4) is 0 Å². The zero-order chi connectivity index (χ0) is 17.6. The molecule has 0 spiro atoms. The molecule has 25 heavy (non-hydrogen) atoms. The molecule has 1 saturated heterocycles. The number of rotatable bonds is 5. The van der Waals surface area contributed by atoms with Crippen molar-refractivity contribution in [3.63, 3.8) is 0 Å². The van der Waals surface area contributed by atoms with Crippen molar-refractivity contribution in [2.75, 3.05) is 11.4 Å². The Morgan fingerprint density at radius 2 is 2.00 bits per heavy atom. The third kappa shape index (κ3) is 4.53. The Bertz CT molecular complexity index is 800. The molecular formula is C20H19FN2O2. The smallest absolute Gasteiger partial charge is 0.244 e. The highest BCUT2D eigenvalue weighted by Crippen LogP contribution is 2.21. The lowest BCUT2D eigenvalue weighted by Crippen LogP contribution is -2.23. The van der Waals surface area contributed by atoms with Crippen LogP contribution in [0.4, 0.5) is 10.1 Å². The number of benzene rings is 2. The molecule has 1 fully saturated rings. The van der Waals surface area contributed by atoms with Gasteiger partial charge < -0.3 is 10.2 Å². The molecule has 0 radical (unpaired) electrons. The molecule has 0 aromatic heterocycles. The van der Waals surface area contributed by atoms with Crippen LogP contribution in [0.3, 0.4) is 0 Å². The van der Waals surface area contributed by atoms with Gasteiger partial charge in [-0.1, -0.05) is 24.3 Å². The summed E-state index contributed by atoms with van der Waals surface area (Å²) in [6.07, 6.45) is 4.45. The van der Waals surface area contributed by atoms with Gasteiger partial charge in [-0.25, -0.2) is 4.39 Å². The Morgan fingerprint density at radius 3 is 2.68 bits per heavy atom. The average Bonchev–Trinajstić information content (AvgIpc) is 3.05. The summed E-state index contributed by atoms with van der Waals surface area (Å²) in [7, 11) is 0. The second-order valence-corrected chi connectivity index (χ2v) is 5.92. The van der Waals surface area contributed by atoms with Gasteiger partial charge in [0.1, 0.15) is 5.82 Å². The molecule has 2 aromatic rings. The number of anilines is 1. The van der Waals surface area contributed by atoms with Crippen LogP contribution < -0.4 is 10.2 Å². The number of carbonyl (C=O) groups is 2. The monoisotopic (exact) mass is 338 g/mol. The van der Waals surface area contributed by atoms with E-state index < -0.39 is 0 Å². The maximum absolute atomic E-state index is 13.1. The first-order valence-corrected chi connectivity index (χ1v) is 8.22. The molecule has 0 saturated carbocycles. The van der Waals surface area contributed by atoms with Crippen LogP contribution in [0.15, 0.2) is 54.6 Å². The standard InChI is InChI=1S/C20H19FN2O2/c21-17-4-1-3-15(13-17)8-11-19(24)22-14-16-6-9-18(10-7-16)23-12-2-5-20(23)25/h1,3-4,6-11,13H,2,5,12,14H2,(H,22,24)/b11-8+. The summed E-state index contributed by atoms with van der Waals surface area (Å²) < 4.78 is 13.1. The maximum Gasteiger partial charge on any atom is 0.244 e. The van der Waals surface area contributed by atoms with Gasteiger partial charge in [-0.05, 0) is 47.9 Å². The van der Waals surface area contributed by atoms with Crippen molar-refractivity contribution in [2.24, 2.45) is 0 Å². The molecule has 0 atom stereocenters. The minimum Gasteiger partial charge on any atom is -0.348 e. The summed E-state index contributed by atoms with van der Waals surface area (Å²) in [5, 5.41) is 2.78. The third-order valence-electron chi connectivity index (χ3n) is 4.06. The third-order valence-corrected chi connectivity index (χ3v) is 4.06. The van der Waals surface area contributed by atoms with E-state index in [0.717, 1.165) is 24.2 Å². The molecule has 128 valence electrons. The van der Waals surface area contributed by atoms with Crippen molar-refractivity contribution in [1.82, 2.24) is 5.32 Å². The van der Waals surface area contributed by atoms with E-state index in [9.17, 15) is 14.0 Å². The first-order chi connectivity index (χ1) is 12.1. The maximum atomic E-state index is 13.1. The Labute approximate surface area is 146 Å². The number of nitrogens with one attached hydrogen (secondary N) is 1. The van der Waals surface area contributed by atoms with Crippen LogP contribution in [0, 0.1) is 5.82 Å². The highest BCUT2D eigenvalue weighted by atomic mass is 19.1. The van der Waals surface area contributed by atoms with E-state index in [4.69, 9.17) is 0 Å².